The van der Waals surface area contributed by atoms with Crippen LogP contribution in [0.2, 0.25) is 6.04 Å². The fourth-order valence-corrected chi connectivity index (χ4v) is 8.49. The normalized spacial score (nSPS) is 21.5. The number of hydrogen-bond acceptors (Lipinski definition) is 3. The number of thioether (sulfide) groups is 1. The van der Waals surface area contributed by atoms with Gasteiger partial charge < -0.3 is 14.0 Å². The zero-order chi connectivity index (χ0) is 19.3. The average Bonchev–Trinajstić information content (AvgIpc) is 3.10. The van der Waals surface area contributed by atoms with Crippen molar-refractivity contribution >= 4 is 21.3 Å². The minimum atomic E-state index is -0.300. The molecule has 5 heteroatoms. The molecule has 1 saturated heterocycles. The van der Waals surface area contributed by atoms with Crippen LogP contribution in [0, 0.1) is 0 Å². The van der Waals surface area contributed by atoms with E-state index in [0.29, 0.717) is 4.87 Å². The second-order valence-corrected chi connectivity index (χ2v) is 11.2. The molecule has 0 N–H and O–H groups in total. The van der Waals surface area contributed by atoms with Gasteiger partial charge in [-0.25, -0.2) is 0 Å². The van der Waals surface area contributed by atoms with Crippen molar-refractivity contribution in [2.75, 3.05) is 38.6 Å². The van der Waals surface area contributed by atoms with E-state index in [2.05, 4.69) is 46.4 Å². The van der Waals surface area contributed by atoms with Gasteiger partial charge in [0.1, 0.15) is 10.8 Å². The molecule has 0 aromatic heterocycles. The molecule has 0 amide bonds. The average molecular weight is 405 g/mol. The molecular formula is C21H46NO2SSi+. The molecule has 3 nitrogen and oxygen atoms in total. The van der Waals surface area contributed by atoms with E-state index in [1.807, 2.05) is 0 Å². The molecule has 1 aliphatic rings. The van der Waals surface area contributed by atoms with Gasteiger partial charge in [-0.05, 0) is 51.7 Å². The van der Waals surface area contributed by atoms with Gasteiger partial charge in [-0.3, -0.25) is 0 Å². The molecule has 1 atom stereocenters. The van der Waals surface area contributed by atoms with Crippen LogP contribution in [0.25, 0.3) is 0 Å². The first kappa shape index (κ1) is 24.5. The Morgan fingerprint density at radius 1 is 0.962 bits per heavy atom. The van der Waals surface area contributed by atoms with Crippen LogP contribution < -0.4 is 0 Å². The van der Waals surface area contributed by atoms with E-state index in [-0.39, 0.29) is 15.4 Å². The zero-order valence-electron chi connectivity index (χ0n) is 18.4. The largest absolute Gasteiger partial charge is 0.357 e. The highest BCUT2D eigenvalue weighted by Crippen LogP contribution is 2.49. The Kier molecular flexibility index (Phi) is 12.8. The molecule has 1 fully saturated rings. The van der Waals surface area contributed by atoms with Crippen molar-refractivity contribution in [2.24, 2.45) is 0 Å². The molecule has 0 aromatic carbocycles. The Hall–Kier alpha value is 0.447. The van der Waals surface area contributed by atoms with Crippen LogP contribution in [0.15, 0.2) is 0 Å². The first-order valence-corrected chi connectivity index (χ1v) is 14.2. The summed E-state index contributed by atoms with van der Waals surface area (Å²) in [6, 6.07) is 1.36. The van der Waals surface area contributed by atoms with Crippen molar-refractivity contribution in [2.45, 2.75) is 96.4 Å². The van der Waals surface area contributed by atoms with Crippen LogP contribution in [-0.2, 0) is 9.47 Å². The van der Waals surface area contributed by atoms with Crippen LogP contribution in [-0.4, -0.2) is 63.4 Å². The topological polar surface area (TPSA) is 18.5 Å². The van der Waals surface area contributed by atoms with Gasteiger partial charge in [0.25, 0.3) is 0 Å². The van der Waals surface area contributed by atoms with Crippen molar-refractivity contribution in [1.82, 2.24) is 0 Å². The molecule has 1 unspecified atom stereocenters. The van der Waals surface area contributed by atoms with E-state index in [0.717, 1.165) is 13.2 Å². The number of quaternary nitrogens is 1. The monoisotopic (exact) mass is 404 g/mol. The van der Waals surface area contributed by atoms with Crippen LogP contribution in [0.4, 0.5) is 0 Å². The summed E-state index contributed by atoms with van der Waals surface area (Å²) in [5.41, 5.74) is 0. The maximum Gasteiger partial charge on any atom is 0.146 e. The summed E-state index contributed by atoms with van der Waals surface area (Å²) in [6.45, 7) is 17.0. The Bertz CT molecular complexity index is 328. The summed E-state index contributed by atoms with van der Waals surface area (Å²) in [5, 5.41) is 0. The molecule has 1 heterocycles. The molecule has 156 valence electrons. The smallest absolute Gasteiger partial charge is 0.146 e. The molecule has 26 heavy (non-hydrogen) atoms. The van der Waals surface area contributed by atoms with Crippen LogP contribution in [0.3, 0.4) is 0 Å². The predicted octanol–water partition coefficient (Wildman–Crippen LogP) is 4.98. The van der Waals surface area contributed by atoms with Gasteiger partial charge in [-0.2, -0.15) is 0 Å². The summed E-state index contributed by atoms with van der Waals surface area (Å²) < 4.78 is 13.0. The molecule has 0 radical (unpaired) electrons. The van der Waals surface area contributed by atoms with Crippen molar-refractivity contribution in [3.8, 4) is 0 Å². The lowest BCUT2D eigenvalue weighted by Crippen LogP contribution is -2.63. The fourth-order valence-electron chi connectivity index (χ4n) is 5.02. The van der Waals surface area contributed by atoms with E-state index in [1.165, 1.54) is 80.9 Å². The molecule has 0 saturated carbocycles. The summed E-state index contributed by atoms with van der Waals surface area (Å²) >= 11 is 2.32. The summed E-state index contributed by atoms with van der Waals surface area (Å²) in [4.78, 5) is 0.489. The third kappa shape index (κ3) is 6.80. The van der Waals surface area contributed by atoms with E-state index in [9.17, 15) is 0 Å². The summed E-state index contributed by atoms with van der Waals surface area (Å²) in [5.74, 6) is 1.51. The Morgan fingerprint density at radius 3 is 1.96 bits per heavy atom. The standard InChI is InChI=1S/C21H46NO2SSi/c1-6-15-22(16-7-2,17-8-3)21(13-11-18-25-21)14-12-19-26-20(23-9-4)24-10-5/h20H,6-19,26H2,1-5H3/q+1. The molecule has 0 aliphatic carbocycles. The van der Waals surface area contributed by atoms with E-state index < -0.39 is 0 Å². The maximum atomic E-state index is 5.79. The highest BCUT2D eigenvalue weighted by Gasteiger charge is 2.51. The molecular weight excluding hydrogens is 358 g/mol. The van der Waals surface area contributed by atoms with Crippen molar-refractivity contribution in [3.63, 3.8) is 0 Å². The lowest BCUT2D eigenvalue weighted by molar-refractivity contribution is -0.961. The Labute approximate surface area is 170 Å². The van der Waals surface area contributed by atoms with Gasteiger partial charge in [0.15, 0.2) is 0 Å². The summed E-state index contributed by atoms with van der Waals surface area (Å²) in [6.07, 6.45) is 9.55. The second-order valence-electron chi connectivity index (χ2n) is 7.80. The first-order chi connectivity index (χ1) is 12.6. The maximum absolute atomic E-state index is 5.79. The van der Waals surface area contributed by atoms with E-state index >= 15 is 0 Å². The number of hydrogen-bond donors (Lipinski definition) is 0. The Morgan fingerprint density at radius 2 is 1.54 bits per heavy atom. The first-order valence-electron chi connectivity index (χ1n) is 11.4. The van der Waals surface area contributed by atoms with Crippen LogP contribution in [0.5, 0.6) is 0 Å². The van der Waals surface area contributed by atoms with Gasteiger partial charge in [-0.15, -0.1) is 0 Å². The number of nitrogens with zero attached hydrogens (tertiary/aromatic N) is 1. The third-order valence-corrected chi connectivity index (χ3v) is 9.54. The highest BCUT2D eigenvalue weighted by molar-refractivity contribution is 8.00. The van der Waals surface area contributed by atoms with E-state index in [4.69, 9.17) is 9.47 Å². The molecule has 0 bridgehead atoms. The molecule has 0 spiro atoms. The van der Waals surface area contributed by atoms with Gasteiger partial charge in [0.05, 0.1) is 29.2 Å². The van der Waals surface area contributed by atoms with Crippen molar-refractivity contribution in [1.29, 1.82) is 0 Å². The fraction of sp³-hybridized carbons (Fsp3) is 1.00. The summed E-state index contributed by atoms with van der Waals surface area (Å²) in [7, 11) is -0.300. The number of ether oxygens (including phenoxy) is 2. The molecule has 1 aliphatic heterocycles. The van der Waals surface area contributed by atoms with Crippen molar-refractivity contribution < 1.29 is 14.0 Å². The van der Waals surface area contributed by atoms with E-state index in [1.54, 1.807) is 0 Å². The van der Waals surface area contributed by atoms with Crippen LogP contribution >= 0.6 is 11.8 Å². The minimum Gasteiger partial charge on any atom is -0.357 e. The van der Waals surface area contributed by atoms with Gasteiger partial charge in [-0.1, -0.05) is 38.6 Å². The molecule has 1 rings (SSSR count). The predicted molar refractivity (Wildman–Crippen MR) is 120 cm³/mol. The highest BCUT2D eigenvalue weighted by atomic mass is 32.2. The van der Waals surface area contributed by atoms with Crippen LogP contribution in [0.1, 0.15) is 79.6 Å². The minimum absolute atomic E-state index is 0.137. The third-order valence-electron chi connectivity index (χ3n) is 5.86. The lowest BCUT2D eigenvalue weighted by Gasteiger charge is -2.52. The van der Waals surface area contributed by atoms with Gasteiger partial charge >= 0.3 is 0 Å². The van der Waals surface area contributed by atoms with Gasteiger partial charge in [0, 0.05) is 26.1 Å². The SMILES string of the molecule is CCC[N+](CCC)(CCC)C1(CCC[SiH2]C(OCC)OCC)CCCS1. The molecule has 0 aromatic rings. The van der Waals surface area contributed by atoms with Crippen molar-refractivity contribution in [3.05, 3.63) is 0 Å². The number of rotatable bonds is 16. The van der Waals surface area contributed by atoms with Gasteiger partial charge in [0.2, 0.25) is 0 Å². The quantitative estimate of drug-likeness (QED) is 0.156. The second kappa shape index (κ2) is 13.6. The zero-order valence-corrected chi connectivity index (χ0v) is 20.6. The lowest BCUT2D eigenvalue weighted by atomic mass is 9.98. The Balaban J connectivity index is 2.74.